The van der Waals surface area contributed by atoms with Crippen molar-refractivity contribution in [3.05, 3.63) is 17.5 Å². The van der Waals surface area contributed by atoms with Crippen molar-refractivity contribution in [2.45, 2.75) is 6.42 Å². The summed E-state index contributed by atoms with van der Waals surface area (Å²) in [5, 5.41) is 4.59. The van der Waals surface area contributed by atoms with Gasteiger partial charge >= 0.3 is 0 Å². The van der Waals surface area contributed by atoms with Crippen LogP contribution in [-0.4, -0.2) is 58.7 Å². The van der Waals surface area contributed by atoms with Crippen molar-refractivity contribution in [3.63, 3.8) is 0 Å². The zero-order valence-electron chi connectivity index (χ0n) is 10.8. The van der Waals surface area contributed by atoms with E-state index >= 15 is 0 Å². The van der Waals surface area contributed by atoms with Crippen LogP contribution in [0.4, 0.5) is 5.82 Å². The number of anilines is 1. The van der Waals surface area contributed by atoms with Crippen molar-refractivity contribution in [2.24, 2.45) is 0 Å². The highest BCUT2D eigenvalue weighted by Gasteiger charge is 2.10. The van der Waals surface area contributed by atoms with E-state index < -0.39 is 0 Å². The molecule has 6 nitrogen and oxygen atoms in total. The molecule has 2 aromatic rings. The Morgan fingerprint density at radius 1 is 1.28 bits per heavy atom. The summed E-state index contributed by atoms with van der Waals surface area (Å²) in [7, 11) is 6.15. The Hall–Kier alpha value is -1.40. The Morgan fingerprint density at radius 3 is 2.78 bits per heavy atom. The standard InChI is InChI=1S/C11H17ClN6/c1-16(2)5-4-6-17(3)10-7-9(12)15-11-13-8-14-18(10)11/h7-8H,4-6H2,1-3H3. The molecule has 0 N–H and O–H groups in total. The summed E-state index contributed by atoms with van der Waals surface area (Å²) < 4.78 is 1.70. The molecule has 0 atom stereocenters. The molecule has 0 saturated heterocycles. The molecule has 0 aliphatic heterocycles. The van der Waals surface area contributed by atoms with E-state index in [2.05, 4.69) is 39.0 Å². The Morgan fingerprint density at radius 2 is 2.06 bits per heavy atom. The summed E-state index contributed by atoms with van der Waals surface area (Å²) >= 11 is 5.98. The molecule has 0 saturated carbocycles. The molecule has 7 heteroatoms. The van der Waals surface area contributed by atoms with E-state index in [0.717, 1.165) is 25.3 Å². The zero-order chi connectivity index (χ0) is 13.1. The fourth-order valence-electron chi connectivity index (χ4n) is 1.78. The highest BCUT2D eigenvalue weighted by molar-refractivity contribution is 6.29. The number of aromatic nitrogens is 4. The van der Waals surface area contributed by atoms with E-state index in [9.17, 15) is 0 Å². The minimum atomic E-state index is 0.435. The fourth-order valence-corrected chi connectivity index (χ4v) is 1.95. The third-order valence-corrected chi connectivity index (χ3v) is 2.89. The van der Waals surface area contributed by atoms with Crippen LogP contribution in [0.15, 0.2) is 12.4 Å². The normalized spacial score (nSPS) is 11.4. The smallest absolute Gasteiger partial charge is 0.255 e. The summed E-state index contributed by atoms with van der Waals surface area (Å²) in [5.41, 5.74) is 0. The van der Waals surface area contributed by atoms with Crippen LogP contribution < -0.4 is 4.90 Å². The second-order valence-electron chi connectivity index (χ2n) is 4.49. The molecule has 0 bridgehead atoms. The number of hydrogen-bond acceptors (Lipinski definition) is 5. The van der Waals surface area contributed by atoms with Gasteiger partial charge in [-0.15, -0.1) is 0 Å². The molecular formula is C11H17ClN6. The lowest BCUT2D eigenvalue weighted by Crippen LogP contribution is -2.25. The molecule has 0 radical (unpaired) electrons. The van der Waals surface area contributed by atoms with E-state index in [4.69, 9.17) is 11.6 Å². The summed E-state index contributed by atoms with van der Waals surface area (Å²) in [5.74, 6) is 1.43. The molecule has 18 heavy (non-hydrogen) atoms. The molecule has 98 valence electrons. The molecular weight excluding hydrogens is 252 g/mol. The third kappa shape index (κ3) is 2.88. The van der Waals surface area contributed by atoms with Crippen molar-refractivity contribution in [1.82, 2.24) is 24.5 Å². The molecule has 2 heterocycles. The summed E-state index contributed by atoms with van der Waals surface area (Å²) in [4.78, 5) is 12.4. The second-order valence-corrected chi connectivity index (χ2v) is 4.87. The van der Waals surface area contributed by atoms with Crippen LogP contribution >= 0.6 is 11.6 Å². The van der Waals surface area contributed by atoms with Crippen LogP contribution in [0, 0.1) is 0 Å². The first kappa shape index (κ1) is 13.0. The lowest BCUT2D eigenvalue weighted by Gasteiger charge is -2.20. The minimum absolute atomic E-state index is 0.435. The van der Waals surface area contributed by atoms with Gasteiger partial charge in [0.1, 0.15) is 17.3 Å². The Balaban J connectivity index is 2.16. The minimum Gasteiger partial charge on any atom is -0.359 e. The van der Waals surface area contributed by atoms with Gasteiger partial charge in [0, 0.05) is 19.7 Å². The molecule has 0 unspecified atom stereocenters. The van der Waals surface area contributed by atoms with Crippen LogP contribution in [-0.2, 0) is 0 Å². The summed E-state index contributed by atoms with van der Waals surface area (Å²) in [6.07, 6.45) is 2.55. The highest BCUT2D eigenvalue weighted by Crippen LogP contribution is 2.17. The van der Waals surface area contributed by atoms with E-state index in [1.165, 1.54) is 6.33 Å². The average molecular weight is 269 g/mol. The van der Waals surface area contributed by atoms with Gasteiger partial charge in [-0.05, 0) is 27.1 Å². The summed E-state index contributed by atoms with van der Waals surface area (Å²) in [6, 6.07) is 1.80. The van der Waals surface area contributed by atoms with Crippen LogP contribution in [0.1, 0.15) is 6.42 Å². The largest absolute Gasteiger partial charge is 0.359 e. The molecule has 0 amide bonds. The number of hydrogen-bond donors (Lipinski definition) is 0. The van der Waals surface area contributed by atoms with Gasteiger partial charge in [-0.2, -0.15) is 19.6 Å². The second kappa shape index (κ2) is 5.49. The maximum atomic E-state index is 5.98. The third-order valence-electron chi connectivity index (χ3n) is 2.69. The quantitative estimate of drug-likeness (QED) is 0.762. The van der Waals surface area contributed by atoms with Crippen LogP contribution in [0.5, 0.6) is 0 Å². The number of halogens is 1. The average Bonchev–Trinajstić information content (AvgIpc) is 2.74. The number of nitrogens with zero attached hydrogens (tertiary/aromatic N) is 6. The van der Waals surface area contributed by atoms with E-state index in [-0.39, 0.29) is 0 Å². The summed E-state index contributed by atoms with van der Waals surface area (Å²) in [6.45, 7) is 1.97. The van der Waals surface area contributed by atoms with Gasteiger partial charge in [-0.25, -0.2) is 0 Å². The molecule has 0 aliphatic rings. The Labute approximate surface area is 111 Å². The van der Waals surface area contributed by atoms with Gasteiger partial charge in [0.25, 0.3) is 5.78 Å². The van der Waals surface area contributed by atoms with Gasteiger partial charge < -0.3 is 9.80 Å². The zero-order valence-corrected chi connectivity index (χ0v) is 11.6. The highest BCUT2D eigenvalue weighted by atomic mass is 35.5. The predicted molar refractivity (Wildman–Crippen MR) is 72.2 cm³/mol. The van der Waals surface area contributed by atoms with Crippen LogP contribution in [0.25, 0.3) is 5.78 Å². The van der Waals surface area contributed by atoms with Crippen molar-refractivity contribution in [1.29, 1.82) is 0 Å². The Kier molecular flexibility index (Phi) is 3.98. The molecule has 0 aromatic carbocycles. The van der Waals surface area contributed by atoms with Gasteiger partial charge in [-0.1, -0.05) is 11.6 Å². The van der Waals surface area contributed by atoms with E-state index in [1.54, 1.807) is 10.6 Å². The first-order chi connectivity index (χ1) is 8.58. The topological polar surface area (TPSA) is 49.6 Å². The molecule has 0 fully saturated rings. The van der Waals surface area contributed by atoms with Gasteiger partial charge in [0.05, 0.1) is 0 Å². The van der Waals surface area contributed by atoms with Crippen molar-refractivity contribution >= 4 is 23.2 Å². The molecule has 2 rings (SSSR count). The first-order valence-electron chi connectivity index (χ1n) is 5.80. The SMILES string of the molecule is CN(C)CCCN(C)c1cc(Cl)nc2ncnn12. The van der Waals surface area contributed by atoms with Crippen LogP contribution in [0.2, 0.25) is 5.15 Å². The van der Waals surface area contributed by atoms with Crippen molar-refractivity contribution < 1.29 is 0 Å². The van der Waals surface area contributed by atoms with Gasteiger partial charge in [0.2, 0.25) is 0 Å². The fraction of sp³-hybridized carbons (Fsp3) is 0.545. The van der Waals surface area contributed by atoms with Crippen LogP contribution in [0.3, 0.4) is 0 Å². The molecule has 0 spiro atoms. The van der Waals surface area contributed by atoms with Gasteiger partial charge in [-0.3, -0.25) is 0 Å². The van der Waals surface area contributed by atoms with Crippen molar-refractivity contribution in [3.8, 4) is 0 Å². The lowest BCUT2D eigenvalue weighted by atomic mass is 10.3. The maximum absolute atomic E-state index is 5.98. The first-order valence-corrected chi connectivity index (χ1v) is 6.18. The van der Waals surface area contributed by atoms with E-state index in [0.29, 0.717) is 10.9 Å². The number of rotatable bonds is 5. The predicted octanol–water partition coefficient (Wildman–Crippen LogP) is 1.17. The molecule has 2 aromatic heterocycles. The lowest BCUT2D eigenvalue weighted by molar-refractivity contribution is 0.401. The van der Waals surface area contributed by atoms with Gasteiger partial charge in [0.15, 0.2) is 0 Å². The molecule has 0 aliphatic carbocycles. The van der Waals surface area contributed by atoms with Crippen molar-refractivity contribution in [2.75, 3.05) is 39.1 Å². The monoisotopic (exact) mass is 268 g/mol. The number of fused-ring (bicyclic) bond motifs is 1. The maximum Gasteiger partial charge on any atom is 0.255 e. The Bertz CT molecular complexity index is 523. The van der Waals surface area contributed by atoms with E-state index in [1.807, 2.05) is 7.05 Å².